The van der Waals surface area contributed by atoms with Crippen molar-refractivity contribution in [2.24, 2.45) is 0 Å². The van der Waals surface area contributed by atoms with Crippen LogP contribution in [0.15, 0.2) is 24.3 Å². The van der Waals surface area contributed by atoms with Gasteiger partial charge in [-0.2, -0.15) is 0 Å². The van der Waals surface area contributed by atoms with E-state index in [0.29, 0.717) is 35.1 Å². The van der Waals surface area contributed by atoms with E-state index < -0.39 is 5.60 Å². The van der Waals surface area contributed by atoms with E-state index in [1.807, 2.05) is 6.92 Å². The summed E-state index contributed by atoms with van der Waals surface area (Å²) in [6.45, 7) is 7.39. The fraction of sp³-hybridized carbons (Fsp3) is 0.381. The van der Waals surface area contributed by atoms with E-state index in [0.717, 1.165) is 5.57 Å². The van der Waals surface area contributed by atoms with Crippen LogP contribution in [0.3, 0.4) is 0 Å². The largest absolute Gasteiger partial charge is 0.507 e. The monoisotopic (exact) mass is 356 g/mol. The molecule has 1 aliphatic rings. The molecular weight excluding hydrogens is 332 g/mol. The first-order chi connectivity index (χ1) is 12.1. The second kappa shape index (κ2) is 6.32. The summed E-state index contributed by atoms with van der Waals surface area (Å²) in [4.78, 5) is 12.5. The van der Waals surface area contributed by atoms with Crippen LogP contribution in [0.5, 0.6) is 17.2 Å². The van der Waals surface area contributed by atoms with Gasteiger partial charge in [0.05, 0.1) is 23.7 Å². The van der Waals surface area contributed by atoms with Crippen molar-refractivity contribution < 1.29 is 24.9 Å². The molecule has 0 amide bonds. The second-order valence-electron chi connectivity index (χ2n) is 7.49. The van der Waals surface area contributed by atoms with Crippen molar-refractivity contribution in [3.8, 4) is 17.2 Å². The maximum atomic E-state index is 12.5. The number of hydrogen-bond acceptors (Lipinski definition) is 5. The van der Waals surface area contributed by atoms with Gasteiger partial charge >= 0.3 is 0 Å². The molecule has 3 N–H and O–H groups in total. The second-order valence-corrected chi connectivity index (χ2v) is 7.49. The van der Waals surface area contributed by atoms with Gasteiger partial charge in [-0.25, -0.2) is 0 Å². The summed E-state index contributed by atoms with van der Waals surface area (Å²) < 4.78 is 5.42. The van der Waals surface area contributed by atoms with Crippen molar-refractivity contribution in [1.29, 1.82) is 0 Å². The van der Waals surface area contributed by atoms with Crippen molar-refractivity contribution in [3.05, 3.63) is 41.0 Å². The molecule has 26 heavy (non-hydrogen) atoms. The van der Waals surface area contributed by atoms with Crippen LogP contribution in [0.1, 0.15) is 48.2 Å². The van der Waals surface area contributed by atoms with Gasteiger partial charge in [-0.1, -0.05) is 5.57 Å². The highest BCUT2D eigenvalue weighted by atomic mass is 16.5. The lowest BCUT2D eigenvalue weighted by atomic mass is 9.79. The van der Waals surface area contributed by atoms with Crippen LogP contribution in [0.25, 0.3) is 10.8 Å². The summed E-state index contributed by atoms with van der Waals surface area (Å²) in [5.74, 6) is -0.111. The SMILES string of the molecule is C=C(C)CCc1c(OC)cc2cc3c(c(O)c2c1O)C(=O)C[C@@](C)(O)C3. The van der Waals surface area contributed by atoms with Gasteiger partial charge in [-0.3, -0.25) is 4.79 Å². The van der Waals surface area contributed by atoms with Crippen LogP contribution >= 0.6 is 0 Å². The third-order valence-electron chi connectivity index (χ3n) is 4.93. The molecule has 1 aliphatic carbocycles. The molecule has 5 nitrogen and oxygen atoms in total. The van der Waals surface area contributed by atoms with Crippen molar-refractivity contribution in [1.82, 2.24) is 0 Å². The first-order valence-electron chi connectivity index (χ1n) is 8.62. The molecule has 5 heteroatoms. The number of ether oxygens (including phenoxy) is 1. The molecule has 0 radical (unpaired) electrons. The highest BCUT2D eigenvalue weighted by molar-refractivity contribution is 6.09. The predicted molar refractivity (Wildman–Crippen MR) is 100 cm³/mol. The fourth-order valence-corrected chi connectivity index (χ4v) is 3.72. The highest BCUT2D eigenvalue weighted by Gasteiger charge is 2.36. The molecule has 0 fully saturated rings. The van der Waals surface area contributed by atoms with Crippen LogP contribution in [-0.2, 0) is 12.8 Å². The summed E-state index contributed by atoms with van der Waals surface area (Å²) in [7, 11) is 1.53. The Balaban J connectivity index is 2.27. The zero-order valence-electron chi connectivity index (χ0n) is 15.3. The minimum atomic E-state index is -1.14. The number of aliphatic hydroxyl groups is 1. The first kappa shape index (κ1) is 18.3. The van der Waals surface area contributed by atoms with Crippen molar-refractivity contribution in [2.45, 2.75) is 45.1 Å². The summed E-state index contributed by atoms with van der Waals surface area (Å²) in [6.07, 6.45) is 1.39. The van der Waals surface area contributed by atoms with Crippen LogP contribution in [0.2, 0.25) is 0 Å². The standard InChI is InChI=1S/C21H24O5/c1-11(2)5-6-14-16(26-4)8-12-7-13-9-21(3,25)10-15(22)17(13)20(24)18(12)19(14)23/h7-8,23-25H,1,5-6,9-10H2,2-4H3/t21-/m0/s1. The van der Waals surface area contributed by atoms with E-state index in [-0.39, 0.29) is 41.1 Å². The lowest BCUT2D eigenvalue weighted by molar-refractivity contribution is 0.0409. The van der Waals surface area contributed by atoms with Gasteiger partial charge in [0.2, 0.25) is 0 Å². The highest BCUT2D eigenvalue weighted by Crippen LogP contribution is 2.46. The number of carbonyl (C=O) groups excluding carboxylic acids is 1. The number of carbonyl (C=O) groups is 1. The lowest BCUT2D eigenvalue weighted by Gasteiger charge is -2.30. The van der Waals surface area contributed by atoms with Gasteiger partial charge in [-0.05, 0) is 49.8 Å². The van der Waals surface area contributed by atoms with E-state index in [2.05, 4.69) is 6.58 Å². The topological polar surface area (TPSA) is 87.0 Å². The van der Waals surface area contributed by atoms with Gasteiger partial charge in [-0.15, -0.1) is 6.58 Å². The number of ketones is 1. The Morgan fingerprint density at radius 3 is 2.58 bits per heavy atom. The molecule has 0 aliphatic heterocycles. The molecule has 138 valence electrons. The number of benzene rings is 2. The number of hydrogen-bond donors (Lipinski definition) is 3. The van der Waals surface area contributed by atoms with Crippen LogP contribution in [0.4, 0.5) is 0 Å². The van der Waals surface area contributed by atoms with Crippen molar-refractivity contribution >= 4 is 16.6 Å². The Kier molecular flexibility index (Phi) is 4.44. The summed E-state index contributed by atoms with van der Waals surface area (Å²) in [5.41, 5.74) is 1.17. The Morgan fingerprint density at radius 2 is 1.96 bits per heavy atom. The molecule has 1 atom stereocenters. The minimum Gasteiger partial charge on any atom is -0.507 e. The Labute approximate surface area is 152 Å². The van der Waals surface area contributed by atoms with Gasteiger partial charge in [0, 0.05) is 18.4 Å². The van der Waals surface area contributed by atoms with Crippen molar-refractivity contribution in [2.75, 3.05) is 7.11 Å². The molecule has 2 aromatic rings. The minimum absolute atomic E-state index is 0.0570. The number of phenolic OH excluding ortho intramolecular Hbond substituents is 2. The summed E-state index contributed by atoms with van der Waals surface area (Å²) >= 11 is 0. The maximum Gasteiger partial charge on any atom is 0.169 e. The lowest BCUT2D eigenvalue weighted by Crippen LogP contribution is -2.35. The zero-order chi connectivity index (χ0) is 19.2. The molecule has 0 aromatic heterocycles. The number of phenols is 2. The number of fused-ring (bicyclic) bond motifs is 2. The van der Waals surface area contributed by atoms with E-state index in [9.17, 15) is 20.1 Å². The molecular formula is C21H24O5. The molecule has 2 aromatic carbocycles. The molecule has 0 spiro atoms. The van der Waals surface area contributed by atoms with E-state index >= 15 is 0 Å². The Bertz CT molecular complexity index is 924. The fourth-order valence-electron chi connectivity index (χ4n) is 3.72. The quantitative estimate of drug-likeness (QED) is 0.728. The Hall–Kier alpha value is -2.53. The average molecular weight is 356 g/mol. The van der Waals surface area contributed by atoms with E-state index in [4.69, 9.17) is 4.74 Å². The summed E-state index contributed by atoms with van der Waals surface area (Å²) in [5, 5.41) is 32.7. The number of Topliss-reactive ketones (excluding diaryl/α,β-unsaturated/α-hetero) is 1. The normalized spacial score (nSPS) is 19.5. The molecule has 0 saturated carbocycles. The number of allylic oxidation sites excluding steroid dienone is 1. The van der Waals surface area contributed by atoms with Crippen molar-refractivity contribution in [3.63, 3.8) is 0 Å². The molecule has 0 bridgehead atoms. The van der Waals surface area contributed by atoms with Gasteiger partial charge in [0.25, 0.3) is 0 Å². The van der Waals surface area contributed by atoms with Gasteiger partial charge in [0.1, 0.15) is 17.2 Å². The van der Waals surface area contributed by atoms with Crippen LogP contribution in [0, 0.1) is 0 Å². The number of methoxy groups -OCH3 is 1. The third-order valence-corrected chi connectivity index (χ3v) is 4.93. The van der Waals surface area contributed by atoms with Crippen LogP contribution in [-0.4, -0.2) is 33.8 Å². The predicted octanol–water partition coefficient (Wildman–Crippen LogP) is 3.65. The number of aromatic hydroxyl groups is 2. The summed E-state index contributed by atoms with van der Waals surface area (Å²) in [6, 6.07) is 3.48. The maximum absolute atomic E-state index is 12.5. The average Bonchev–Trinajstić information content (AvgIpc) is 2.51. The molecule has 0 unspecified atom stereocenters. The third kappa shape index (κ3) is 3.03. The van der Waals surface area contributed by atoms with Gasteiger partial charge < -0.3 is 20.1 Å². The Morgan fingerprint density at radius 1 is 1.27 bits per heavy atom. The van der Waals surface area contributed by atoms with E-state index in [1.165, 1.54) is 7.11 Å². The van der Waals surface area contributed by atoms with Crippen LogP contribution < -0.4 is 4.74 Å². The zero-order valence-corrected chi connectivity index (χ0v) is 15.3. The van der Waals surface area contributed by atoms with Gasteiger partial charge in [0.15, 0.2) is 5.78 Å². The van der Waals surface area contributed by atoms with E-state index in [1.54, 1.807) is 19.1 Å². The molecule has 0 heterocycles. The first-order valence-corrected chi connectivity index (χ1v) is 8.62. The molecule has 0 saturated heterocycles. The smallest absolute Gasteiger partial charge is 0.169 e. The molecule has 3 rings (SSSR count). The number of rotatable bonds is 4.